The van der Waals surface area contributed by atoms with Gasteiger partial charge in [-0.05, 0) is 30.1 Å². The largest absolute Gasteiger partial charge is 0.384 e. The lowest BCUT2D eigenvalue weighted by atomic mass is 9.60. The van der Waals surface area contributed by atoms with Crippen molar-refractivity contribution >= 4 is 0 Å². The third-order valence-electron chi connectivity index (χ3n) is 2.93. The van der Waals surface area contributed by atoms with Crippen molar-refractivity contribution in [2.24, 2.45) is 10.8 Å². The number of aliphatic hydroxyl groups is 1. The van der Waals surface area contributed by atoms with Crippen molar-refractivity contribution in [2.75, 3.05) is 0 Å². The van der Waals surface area contributed by atoms with Gasteiger partial charge in [-0.2, -0.15) is 0 Å². The SMILES string of the molecule is CC1(C)CC(C)(C)CC(O)(C(F)F)C1. The Labute approximate surface area is 84.5 Å². The van der Waals surface area contributed by atoms with Crippen molar-refractivity contribution in [3.63, 3.8) is 0 Å². The molecule has 1 aliphatic carbocycles. The molecule has 0 atom stereocenters. The molecule has 0 amide bonds. The van der Waals surface area contributed by atoms with E-state index in [-0.39, 0.29) is 23.7 Å². The van der Waals surface area contributed by atoms with Crippen molar-refractivity contribution in [2.45, 2.75) is 59.0 Å². The highest BCUT2D eigenvalue weighted by atomic mass is 19.3. The molecule has 0 spiro atoms. The first kappa shape index (κ1) is 11.9. The lowest BCUT2D eigenvalue weighted by Gasteiger charge is -2.49. The number of hydrogen-bond donors (Lipinski definition) is 1. The maximum atomic E-state index is 12.7. The fraction of sp³-hybridized carbons (Fsp3) is 1.00. The molecule has 0 saturated heterocycles. The average Bonchev–Trinajstić information content (AvgIpc) is 1.76. The molecule has 14 heavy (non-hydrogen) atoms. The molecular weight excluding hydrogens is 186 g/mol. The summed E-state index contributed by atoms with van der Waals surface area (Å²) in [4.78, 5) is 0. The van der Waals surface area contributed by atoms with Crippen LogP contribution in [0.15, 0.2) is 0 Å². The van der Waals surface area contributed by atoms with Gasteiger partial charge in [-0.15, -0.1) is 0 Å². The molecule has 1 aliphatic rings. The topological polar surface area (TPSA) is 20.2 Å². The third-order valence-corrected chi connectivity index (χ3v) is 2.93. The zero-order valence-corrected chi connectivity index (χ0v) is 9.40. The Morgan fingerprint density at radius 1 is 0.929 bits per heavy atom. The summed E-state index contributed by atoms with van der Waals surface area (Å²) in [6.07, 6.45) is -1.36. The molecule has 0 aliphatic heterocycles. The Kier molecular flexibility index (Phi) is 2.68. The van der Waals surface area contributed by atoms with Crippen LogP contribution in [-0.2, 0) is 0 Å². The highest BCUT2D eigenvalue weighted by molar-refractivity contribution is 4.99. The summed E-state index contributed by atoms with van der Waals surface area (Å²) in [5.74, 6) is 0. The van der Waals surface area contributed by atoms with Crippen LogP contribution in [0, 0.1) is 10.8 Å². The van der Waals surface area contributed by atoms with Crippen molar-refractivity contribution in [1.29, 1.82) is 0 Å². The van der Waals surface area contributed by atoms with E-state index in [0.29, 0.717) is 0 Å². The van der Waals surface area contributed by atoms with Gasteiger partial charge in [-0.1, -0.05) is 27.7 Å². The van der Waals surface area contributed by atoms with Crippen LogP contribution in [0.3, 0.4) is 0 Å². The van der Waals surface area contributed by atoms with Gasteiger partial charge in [0.05, 0.1) is 0 Å². The lowest BCUT2D eigenvalue weighted by Crippen LogP contribution is -2.50. The summed E-state index contributed by atoms with van der Waals surface area (Å²) in [5.41, 5.74) is -2.19. The fourth-order valence-corrected chi connectivity index (χ4v) is 3.29. The predicted octanol–water partition coefficient (Wildman–Crippen LogP) is 3.22. The van der Waals surface area contributed by atoms with Crippen molar-refractivity contribution in [1.82, 2.24) is 0 Å². The maximum absolute atomic E-state index is 12.7. The zero-order chi connectivity index (χ0) is 11.2. The Hall–Kier alpha value is -0.180. The molecule has 1 rings (SSSR count). The van der Waals surface area contributed by atoms with Crippen molar-refractivity contribution < 1.29 is 13.9 Å². The molecule has 1 N–H and O–H groups in total. The second kappa shape index (κ2) is 3.16. The van der Waals surface area contributed by atoms with Gasteiger partial charge in [-0.25, -0.2) is 8.78 Å². The maximum Gasteiger partial charge on any atom is 0.266 e. The lowest BCUT2D eigenvalue weighted by molar-refractivity contribution is -0.165. The Bertz CT molecular complexity index is 205. The van der Waals surface area contributed by atoms with E-state index in [9.17, 15) is 13.9 Å². The second-order valence-electron chi connectivity index (χ2n) is 6.26. The highest BCUT2D eigenvalue weighted by Gasteiger charge is 2.51. The Balaban J connectivity index is 2.92. The first-order chi connectivity index (χ1) is 6.06. The van der Waals surface area contributed by atoms with E-state index in [4.69, 9.17) is 0 Å². The van der Waals surface area contributed by atoms with Crippen LogP contribution >= 0.6 is 0 Å². The molecule has 0 aromatic rings. The van der Waals surface area contributed by atoms with Crippen LogP contribution in [0.2, 0.25) is 0 Å². The number of rotatable bonds is 1. The standard InChI is InChI=1S/C11H20F2O/c1-9(2)5-10(3,4)7-11(14,6-9)8(12)13/h8,14H,5-7H2,1-4H3. The fourth-order valence-electron chi connectivity index (χ4n) is 3.29. The molecule has 3 heteroatoms. The van der Waals surface area contributed by atoms with Crippen LogP contribution in [0.4, 0.5) is 8.78 Å². The summed E-state index contributed by atoms with van der Waals surface area (Å²) < 4.78 is 25.5. The molecule has 0 unspecified atom stereocenters. The third kappa shape index (κ3) is 2.44. The first-order valence-corrected chi connectivity index (χ1v) is 5.07. The van der Waals surface area contributed by atoms with Gasteiger partial charge < -0.3 is 5.11 Å². The minimum absolute atomic E-state index is 0.196. The van der Waals surface area contributed by atoms with Gasteiger partial charge in [0.25, 0.3) is 6.43 Å². The van der Waals surface area contributed by atoms with E-state index < -0.39 is 12.0 Å². The summed E-state index contributed by atoms with van der Waals surface area (Å²) in [7, 11) is 0. The van der Waals surface area contributed by atoms with Crippen LogP contribution in [0.5, 0.6) is 0 Å². The van der Waals surface area contributed by atoms with E-state index in [1.165, 1.54) is 0 Å². The molecule has 1 saturated carbocycles. The van der Waals surface area contributed by atoms with E-state index >= 15 is 0 Å². The van der Waals surface area contributed by atoms with E-state index in [0.717, 1.165) is 6.42 Å². The minimum Gasteiger partial charge on any atom is -0.384 e. The second-order valence-corrected chi connectivity index (χ2v) is 6.26. The monoisotopic (exact) mass is 206 g/mol. The Morgan fingerprint density at radius 2 is 1.29 bits per heavy atom. The predicted molar refractivity (Wildman–Crippen MR) is 52.4 cm³/mol. The van der Waals surface area contributed by atoms with Gasteiger partial charge in [-0.3, -0.25) is 0 Å². The Morgan fingerprint density at radius 3 is 1.57 bits per heavy atom. The van der Waals surface area contributed by atoms with E-state index in [2.05, 4.69) is 0 Å². The van der Waals surface area contributed by atoms with Crippen molar-refractivity contribution in [3.8, 4) is 0 Å². The summed E-state index contributed by atoms with van der Waals surface area (Å²) in [5, 5.41) is 9.87. The summed E-state index contributed by atoms with van der Waals surface area (Å²) in [6, 6.07) is 0. The molecule has 0 radical (unpaired) electrons. The molecule has 0 bridgehead atoms. The quantitative estimate of drug-likeness (QED) is 0.698. The summed E-state index contributed by atoms with van der Waals surface area (Å²) >= 11 is 0. The van der Waals surface area contributed by atoms with Crippen LogP contribution < -0.4 is 0 Å². The molecule has 0 heterocycles. The highest BCUT2D eigenvalue weighted by Crippen LogP contribution is 2.51. The smallest absolute Gasteiger partial charge is 0.266 e. The normalized spacial score (nSPS) is 29.1. The van der Waals surface area contributed by atoms with Crippen molar-refractivity contribution in [3.05, 3.63) is 0 Å². The molecule has 84 valence electrons. The average molecular weight is 206 g/mol. The minimum atomic E-state index is -2.64. The number of hydrogen-bond acceptors (Lipinski definition) is 1. The molecule has 0 aromatic carbocycles. The van der Waals surface area contributed by atoms with Gasteiger partial charge in [0.2, 0.25) is 0 Å². The van der Waals surface area contributed by atoms with Crippen LogP contribution in [-0.4, -0.2) is 17.1 Å². The van der Waals surface area contributed by atoms with Crippen LogP contribution in [0.25, 0.3) is 0 Å². The number of alkyl halides is 2. The molecule has 0 aromatic heterocycles. The molecule has 1 nitrogen and oxygen atoms in total. The zero-order valence-electron chi connectivity index (χ0n) is 9.40. The van der Waals surface area contributed by atoms with E-state index in [1.54, 1.807) is 0 Å². The number of halogens is 2. The van der Waals surface area contributed by atoms with Gasteiger partial charge in [0.1, 0.15) is 5.60 Å². The summed E-state index contributed by atoms with van der Waals surface area (Å²) in [6.45, 7) is 7.78. The van der Waals surface area contributed by atoms with Gasteiger partial charge in [0.15, 0.2) is 0 Å². The van der Waals surface area contributed by atoms with Gasteiger partial charge >= 0.3 is 0 Å². The van der Waals surface area contributed by atoms with Gasteiger partial charge in [0, 0.05) is 0 Å². The van der Waals surface area contributed by atoms with E-state index in [1.807, 2.05) is 27.7 Å². The molecule has 1 fully saturated rings. The first-order valence-electron chi connectivity index (χ1n) is 5.07. The molecular formula is C11H20F2O. The van der Waals surface area contributed by atoms with Crippen LogP contribution in [0.1, 0.15) is 47.0 Å².